The molecule has 0 radical (unpaired) electrons. The molecule has 88 valence electrons. The predicted molar refractivity (Wildman–Crippen MR) is 62.1 cm³/mol. The Bertz CT molecular complexity index is 368. The second-order valence-electron chi connectivity index (χ2n) is 4.28. The quantitative estimate of drug-likeness (QED) is 0.831. The van der Waals surface area contributed by atoms with Crippen molar-refractivity contribution in [3.05, 3.63) is 34.6 Å². The molecule has 0 bridgehead atoms. The number of benzene rings is 1. The molecule has 2 N–H and O–H groups in total. The molecule has 4 heteroatoms. The lowest BCUT2D eigenvalue weighted by Crippen LogP contribution is -2.29. The van der Waals surface area contributed by atoms with Gasteiger partial charge in [0.1, 0.15) is 5.82 Å². The van der Waals surface area contributed by atoms with Crippen LogP contribution in [0.2, 0.25) is 5.02 Å². The van der Waals surface area contributed by atoms with E-state index in [1.54, 1.807) is 6.07 Å². The van der Waals surface area contributed by atoms with Crippen molar-refractivity contribution in [2.45, 2.75) is 31.4 Å². The van der Waals surface area contributed by atoms with E-state index in [1.807, 2.05) is 0 Å². The number of aliphatic hydroxyl groups is 1. The van der Waals surface area contributed by atoms with Crippen molar-refractivity contribution in [2.24, 2.45) is 0 Å². The van der Waals surface area contributed by atoms with Gasteiger partial charge in [-0.1, -0.05) is 17.7 Å². The molecular formula is C12H15ClFNO. The van der Waals surface area contributed by atoms with E-state index in [-0.39, 0.29) is 5.82 Å². The molecule has 2 nitrogen and oxygen atoms in total. The van der Waals surface area contributed by atoms with E-state index in [9.17, 15) is 9.50 Å². The number of nitrogens with one attached hydrogen (secondary N) is 1. The van der Waals surface area contributed by atoms with Crippen LogP contribution in [-0.4, -0.2) is 23.8 Å². The Kier molecular flexibility index (Phi) is 3.79. The molecule has 0 spiro atoms. The fourth-order valence-corrected chi connectivity index (χ4v) is 1.85. The van der Waals surface area contributed by atoms with E-state index in [2.05, 4.69) is 5.32 Å². The molecule has 1 aliphatic rings. The Morgan fingerprint density at radius 2 is 2.25 bits per heavy atom. The fraction of sp³-hybridized carbons (Fsp3) is 0.500. The summed E-state index contributed by atoms with van der Waals surface area (Å²) in [5.41, 5.74) is 0.785. The van der Waals surface area contributed by atoms with Gasteiger partial charge in [0.2, 0.25) is 0 Å². The maximum atomic E-state index is 12.8. The van der Waals surface area contributed by atoms with Crippen LogP contribution in [0.15, 0.2) is 18.2 Å². The van der Waals surface area contributed by atoms with Crippen molar-refractivity contribution in [1.29, 1.82) is 0 Å². The molecule has 2 rings (SSSR count). The van der Waals surface area contributed by atoms with Crippen molar-refractivity contribution in [2.75, 3.05) is 6.54 Å². The maximum Gasteiger partial charge on any atom is 0.124 e. The summed E-state index contributed by atoms with van der Waals surface area (Å²) in [4.78, 5) is 0. The largest absolute Gasteiger partial charge is 0.391 e. The second kappa shape index (κ2) is 5.13. The van der Waals surface area contributed by atoms with Gasteiger partial charge in [-0.15, -0.1) is 0 Å². The number of halogens is 2. The number of hydrogen-bond donors (Lipinski definition) is 2. The Morgan fingerprint density at radius 3 is 2.88 bits per heavy atom. The first kappa shape index (κ1) is 11.8. The Hall–Kier alpha value is -0.640. The number of aliphatic hydroxyl groups excluding tert-OH is 1. The number of rotatable bonds is 5. The molecule has 1 atom stereocenters. The molecule has 16 heavy (non-hydrogen) atoms. The first-order valence-electron chi connectivity index (χ1n) is 5.50. The van der Waals surface area contributed by atoms with Crippen LogP contribution in [0.1, 0.15) is 18.4 Å². The highest BCUT2D eigenvalue weighted by Crippen LogP contribution is 2.20. The van der Waals surface area contributed by atoms with E-state index < -0.39 is 6.10 Å². The van der Waals surface area contributed by atoms with Gasteiger partial charge in [-0.25, -0.2) is 4.39 Å². The van der Waals surface area contributed by atoms with Crippen molar-refractivity contribution >= 4 is 11.6 Å². The van der Waals surface area contributed by atoms with Gasteiger partial charge < -0.3 is 10.4 Å². The zero-order valence-corrected chi connectivity index (χ0v) is 9.67. The summed E-state index contributed by atoms with van der Waals surface area (Å²) in [6.07, 6.45) is 2.39. The highest BCUT2D eigenvalue weighted by atomic mass is 35.5. The van der Waals surface area contributed by atoms with Crippen LogP contribution in [0, 0.1) is 5.82 Å². The minimum Gasteiger partial charge on any atom is -0.391 e. The van der Waals surface area contributed by atoms with Crippen LogP contribution < -0.4 is 5.32 Å². The standard InChI is InChI=1S/C12H15ClFNO/c13-12-6-9(14)2-1-8(12)5-11(16)7-15-10-3-4-10/h1-2,6,10-11,15-16H,3-5,7H2. The van der Waals surface area contributed by atoms with E-state index in [1.165, 1.54) is 25.0 Å². The highest BCUT2D eigenvalue weighted by Gasteiger charge is 2.21. The molecule has 1 saturated carbocycles. The average Bonchev–Trinajstić information content (AvgIpc) is 3.03. The predicted octanol–water partition coefficient (Wildman–Crippen LogP) is 2.13. The summed E-state index contributed by atoms with van der Waals surface area (Å²) >= 11 is 5.88. The molecule has 1 unspecified atom stereocenters. The second-order valence-corrected chi connectivity index (χ2v) is 4.68. The third kappa shape index (κ3) is 3.44. The van der Waals surface area contributed by atoms with Crippen molar-refractivity contribution < 1.29 is 9.50 Å². The first-order chi connectivity index (χ1) is 7.65. The molecule has 0 heterocycles. The van der Waals surface area contributed by atoms with E-state index in [0.29, 0.717) is 24.0 Å². The molecule has 1 fully saturated rings. The summed E-state index contributed by atoms with van der Waals surface area (Å²) in [6.45, 7) is 0.568. The summed E-state index contributed by atoms with van der Waals surface area (Å²) in [5, 5.41) is 13.4. The van der Waals surface area contributed by atoms with Gasteiger partial charge >= 0.3 is 0 Å². The average molecular weight is 244 g/mol. The van der Waals surface area contributed by atoms with Gasteiger partial charge in [-0.3, -0.25) is 0 Å². The van der Waals surface area contributed by atoms with Gasteiger partial charge in [0, 0.05) is 24.0 Å². The molecule has 0 aromatic heterocycles. The summed E-state index contributed by atoms with van der Waals surface area (Å²) in [6, 6.07) is 4.84. The topological polar surface area (TPSA) is 32.3 Å². The Labute approximate surface area is 99.4 Å². The smallest absolute Gasteiger partial charge is 0.124 e. The molecule has 0 aliphatic heterocycles. The highest BCUT2D eigenvalue weighted by molar-refractivity contribution is 6.31. The molecule has 0 saturated heterocycles. The molecule has 1 aromatic rings. The summed E-state index contributed by atoms with van der Waals surface area (Å²) < 4.78 is 12.8. The van der Waals surface area contributed by atoms with E-state index in [4.69, 9.17) is 11.6 Å². The lowest BCUT2D eigenvalue weighted by atomic mass is 10.1. The normalized spacial score (nSPS) is 17.4. The van der Waals surface area contributed by atoms with Gasteiger partial charge in [0.25, 0.3) is 0 Å². The third-order valence-electron chi connectivity index (χ3n) is 2.69. The van der Waals surface area contributed by atoms with Crippen molar-refractivity contribution in [3.8, 4) is 0 Å². The van der Waals surface area contributed by atoms with E-state index >= 15 is 0 Å². The fourth-order valence-electron chi connectivity index (χ4n) is 1.60. The minimum atomic E-state index is -0.469. The number of hydrogen-bond acceptors (Lipinski definition) is 2. The van der Waals surface area contributed by atoms with E-state index in [0.717, 1.165) is 5.56 Å². The molecular weight excluding hydrogens is 229 g/mol. The van der Waals surface area contributed by atoms with Gasteiger partial charge in [0.15, 0.2) is 0 Å². The maximum absolute atomic E-state index is 12.8. The van der Waals surface area contributed by atoms with Crippen molar-refractivity contribution in [1.82, 2.24) is 5.32 Å². The summed E-state index contributed by atoms with van der Waals surface area (Å²) in [5.74, 6) is -0.348. The van der Waals surface area contributed by atoms with Crippen LogP contribution in [0.25, 0.3) is 0 Å². The Morgan fingerprint density at radius 1 is 1.50 bits per heavy atom. The lowest BCUT2D eigenvalue weighted by Gasteiger charge is -2.12. The minimum absolute atomic E-state index is 0.348. The summed E-state index contributed by atoms with van der Waals surface area (Å²) in [7, 11) is 0. The van der Waals surface area contributed by atoms with Crippen LogP contribution >= 0.6 is 11.6 Å². The third-order valence-corrected chi connectivity index (χ3v) is 3.04. The Balaban J connectivity index is 1.86. The first-order valence-corrected chi connectivity index (χ1v) is 5.88. The zero-order chi connectivity index (χ0) is 11.5. The van der Waals surface area contributed by atoms with Crippen LogP contribution in [0.4, 0.5) is 4.39 Å². The molecule has 1 aliphatic carbocycles. The molecule has 1 aromatic carbocycles. The van der Waals surface area contributed by atoms with Gasteiger partial charge in [-0.2, -0.15) is 0 Å². The molecule has 0 amide bonds. The van der Waals surface area contributed by atoms with Crippen LogP contribution in [0.5, 0.6) is 0 Å². The monoisotopic (exact) mass is 243 g/mol. The van der Waals surface area contributed by atoms with Crippen LogP contribution in [-0.2, 0) is 6.42 Å². The SMILES string of the molecule is OC(CNC1CC1)Cc1ccc(F)cc1Cl. The lowest BCUT2D eigenvalue weighted by molar-refractivity contribution is 0.171. The van der Waals surface area contributed by atoms with Crippen molar-refractivity contribution in [3.63, 3.8) is 0 Å². The van der Waals surface area contributed by atoms with Gasteiger partial charge in [-0.05, 0) is 30.5 Å². The zero-order valence-electron chi connectivity index (χ0n) is 8.92. The van der Waals surface area contributed by atoms with Crippen LogP contribution in [0.3, 0.4) is 0 Å². The van der Waals surface area contributed by atoms with Gasteiger partial charge in [0.05, 0.1) is 6.10 Å².